The van der Waals surface area contributed by atoms with Gasteiger partial charge in [-0.05, 0) is 18.9 Å². The summed E-state index contributed by atoms with van der Waals surface area (Å²) < 4.78 is 5.30. The van der Waals surface area contributed by atoms with Crippen molar-refractivity contribution in [3.8, 4) is 5.75 Å². The van der Waals surface area contributed by atoms with Gasteiger partial charge in [0.25, 0.3) is 0 Å². The summed E-state index contributed by atoms with van der Waals surface area (Å²) in [7, 11) is 1.63. The van der Waals surface area contributed by atoms with Crippen LogP contribution < -0.4 is 15.4 Å². The number of para-hydroxylation sites is 1. The molecule has 0 spiro atoms. The zero-order valence-electron chi connectivity index (χ0n) is 15.4. The third-order valence-corrected chi connectivity index (χ3v) is 4.81. The molecule has 2 aliphatic rings. The predicted molar refractivity (Wildman–Crippen MR) is 98.9 cm³/mol. The van der Waals surface area contributed by atoms with E-state index in [-0.39, 0.29) is 11.8 Å². The average molecular weight is 360 g/mol. The summed E-state index contributed by atoms with van der Waals surface area (Å²) in [4.78, 5) is 28.3. The van der Waals surface area contributed by atoms with Crippen LogP contribution in [-0.4, -0.2) is 74.0 Å². The van der Waals surface area contributed by atoms with Crippen molar-refractivity contribution in [1.29, 1.82) is 0 Å². The van der Waals surface area contributed by atoms with Crippen LogP contribution in [-0.2, 0) is 16.1 Å². The van der Waals surface area contributed by atoms with Gasteiger partial charge < -0.3 is 15.4 Å². The Labute approximate surface area is 154 Å². The van der Waals surface area contributed by atoms with Crippen molar-refractivity contribution >= 4 is 11.8 Å². The molecule has 1 aliphatic heterocycles. The van der Waals surface area contributed by atoms with Gasteiger partial charge >= 0.3 is 0 Å². The summed E-state index contributed by atoms with van der Waals surface area (Å²) in [6.07, 6.45) is 2.23. The van der Waals surface area contributed by atoms with Gasteiger partial charge in [-0.25, -0.2) is 0 Å². The van der Waals surface area contributed by atoms with Crippen molar-refractivity contribution in [2.45, 2.75) is 25.4 Å². The Morgan fingerprint density at radius 3 is 2.27 bits per heavy atom. The van der Waals surface area contributed by atoms with Crippen LogP contribution in [0.25, 0.3) is 0 Å². The molecule has 1 aromatic rings. The first-order valence-corrected chi connectivity index (χ1v) is 9.26. The molecule has 0 unspecified atom stereocenters. The molecule has 0 radical (unpaired) electrons. The SMILES string of the molecule is COc1ccccc1CNC(=O)CN1CCN(CC(=O)NC2CC2)CC1. The van der Waals surface area contributed by atoms with Crippen molar-refractivity contribution in [1.82, 2.24) is 20.4 Å². The van der Waals surface area contributed by atoms with Gasteiger partial charge in [0.05, 0.1) is 20.2 Å². The third-order valence-electron chi connectivity index (χ3n) is 4.81. The molecule has 2 fully saturated rings. The second-order valence-corrected chi connectivity index (χ2v) is 6.98. The molecule has 3 rings (SSSR count). The van der Waals surface area contributed by atoms with E-state index in [4.69, 9.17) is 4.74 Å². The summed E-state index contributed by atoms with van der Waals surface area (Å²) in [6, 6.07) is 8.10. The molecule has 1 aromatic carbocycles. The molecule has 0 aromatic heterocycles. The molecule has 1 saturated carbocycles. The van der Waals surface area contributed by atoms with Crippen LogP contribution in [0.4, 0.5) is 0 Å². The summed E-state index contributed by atoms with van der Waals surface area (Å²) in [5, 5.41) is 5.97. The normalized spacial score (nSPS) is 18.3. The Hall–Kier alpha value is -2.12. The number of ether oxygens (including phenoxy) is 1. The lowest BCUT2D eigenvalue weighted by Gasteiger charge is -2.33. The minimum Gasteiger partial charge on any atom is -0.496 e. The molecule has 142 valence electrons. The summed E-state index contributed by atoms with van der Waals surface area (Å²) >= 11 is 0. The second-order valence-electron chi connectivity index (χ2n) is 6.98. The fourth-order valence-corrected chi connectivity index (χ4v) is 3.11. The third kappa shape index (κ3) is 5.71. The monoisotopic (exact) mass is 360 g/mol. The van der Waals surface area contributed by atoms with Gasteiger partial charge in [0, 0.05) is 44.3 Å². The number of hydrogen-bond acceptors (Lipinski definition) is 5. The summed E-state index contributed by atoms with van der Waals surface area (Å²) in [5.74, 6) is 0.914. The number of carbonyl (C=O) groups excluding carboxylic acids is 2. The van der Waals surface area contributed by atoms with Crippen molar-refractivity contribution in [3.05, 3.63) is 29.8 Å². The molecular formula is C19H28N4O3. The van der Waals surface area contributed by atoms with Crippen LogP contribution in [0.1, 0.15) is 18.4 Å². The number of nitrogens with zero attached hydrogens (tertiary/aromatic N) is 2. The Kier molecular flexibility index (Phi) is 6.46. The van der Waals surface area contributed by atoms with Crippen LogP contribution in [0, 0.1) is 0 Å². The maximum atomic E-state index is 12.2. The number of hydrogen-bond donors (Lipinski definition) is 2. The Morgan fingerprint density at radius 1 is 1.04 bits per heavy atom. The van der Waals surface area contributed by atoms with E-state index in [0.717, 1.165) is 50.3 Å². The molecule has 0 atom stereocenters. The lowest BCUT2D eigenvalue weighted by molar-refractivity contribution is -0.125. The first-order valence-electron chi connectivity index (χ1n) is 9.26. The van der Waals surface area contributed by atoms with Crippen LogP contribution in [0.3, 0.4) is 0 Å². The van der Waals surface area contributed by atoms with E-state index in [2.05, 4.69) is 20.4 Å². The van der Waals surface area contributed by atoms with Crippen molar-refractivity contribution < 1.29 is 14.3 Å². The lowest BCUT2D eigenvalue weighted by Crippen LogP contribution is -2.51. The van der Waals surface area contributed by atoms with Gasteiger partial charge in [-0.15, -0.1) is 0 Å². The number of rotatable bonds is 8. The van der Waals surface area contributed by atoms with Gasteiger partial charge in [-0.3, -0.25) is 19.4 Å². The first-order chi connectivity index (χ1) is 12.6. The van der Waals surface area contributed by atoms with Crippen molar-refractivity contribution in [2.75, 3.05) is 46.4 Å². The minimum atomic E-state index is 0.0100. The van der Waals surface area contributed by atoms with Gasteiger partial charge in [0.15, 0.2) is 0 Å². The van der Waals surface area contributed by atoms with E-state index in [0.29, 0.717) is 25.7 Å². The fourth-order valence-electron chi connectivity index (χ4n) is 3.11. The smallest absolute Gasteiger partial charge is 0.234 e. The maximum absolute atomic E-state index is 12.2. The number of benzene rings is 1. The number of methoxy groups -OCH3 is 1. The fraction of sp³-hybridized carbons (Fsp3) is 0.579. The molecule has 26 heavy (non-hydrogen) atoms. The maximum Gasteiger partial charge on any atom is 0.234 e. The molecule has 1 heterocycles. The molecule has 2 amide bonds. The van der Waals surface area contributed by atoms with Crippen molar-refractivity contribution in [3.63, 3.8) is 0 Å². The van der Waals surface area contributed by atoms with Crippen LogP contribution in [0.15, 0.2) is 24.3 Å². The largest absolute Gasteiger partial charge is 0.496 e. The number of amides is 2. The predicted octanol–water partition coefficient (Wildman–Crippen LogP) is 0.208. The van der Waals surface area contributed by atoms with Crippen LogP contribution in [0.5, 0.6) is 5.75 Å². The molecular weight excluding hydrogens is 332 g/mol. The van der Waals surface area contributed by atoms with E-state index >= 15 is 0 Å². The van der Waals surface area contributed by atoms with Crippen LogP contribution >= 0.6 is 0 Å². The summed E-state index contributed by atoms with van der Waals surface area (Å²) in [6.45, 7) is 4.55. The van der Waals surface area contributed by atoms with Crippen molar-refractivity contribution in [2.24, 2.45) is 0 Å². The van der Waals surface area contributed by atoms with Gasteiger partial charge in [0.1, 0.15) is 5.75 Å². The topological polar surface area (TPSA) is 73.9 Å². The number of carbonyl (C=O) groups is 2. The lowest BCUT2D eigenvalue weighted by atomic mass is 10.2. The molecule has 2 N–H and O–H groups in total. The molecule has 1 saturated heterocycles. The molecule has 7 heteroatoms. The highest BCUT2D eigenvalue weighted by atomic mass is 16.5. The highest BCUT2D eigenvalue weighted by Crippen LogP contribution is 2.18. The Morgan fingerprint density at radius 2 is 1.65 bits per heavy atom. The zero-order chi connectivity index (χ0) is 18.4. The highest BCUT2D eigenvalue weighted by molar-refractivity contribution is 5.79. The number of piperazine rings is 1. The highest BCUT2D eigenvalue weighted by Gasteiger charge is 2.25. The molecule has 0 bridgehead atoms. The standard InChI is InChI=1S/C19H28N4O3/c1-26-17-5-3-2-4-15(17)12-20-18(24)13-22-8-10-23(11-9-22)14-19(25)21-16-6-7-16/h2-5,16H,6-14H2,1H3,(H,20,24)(H,21,25). The van der Waals surface area contributed by atoms with E-state index in [1.807, 2.05) is 24.3 Å². The Bertz CT molecular complexity index is 625. The van der Waals surface area contributed by atoms with E-state index in [9.17, 15) is 9.59 Å². The van der Waals surface area contributed by atoms with E-state index < -0.39 is 0 Å². The van der Waals surface area contributed by atoms with Crippen LogP contribution in [0.2, 0.25) is 0 Å². The van der Waals surface area contributed by atoms with Gasteiger partial charge in [-0.1, -0.05) is 18.2 Å². The second kappa shape index (κ2) is 9.00. The number of nitrogens with one attached hydrogen (secondary N) is 2. The zero-order valence-corrected chi connectivity index (χ0v) is 15.4. The minimum absolute atomic E-state index is 0.0100. The van der Waals surface area contributed by atoms with Gasteiger partial charge in [0.2, 0.25) is 11.8 Å². The van der Waals surface area contributed by atoms with E-state index in [1.165, 1.54) is 0 Å². The quantitative estimate of drug-likeness (QED) is 0.693. The average Bonchev–Trinajstić information content (AvgIpc) is 3.45. The Balaban J connectivity index is 1.34. The van der Waals surface area contributed by atoms with Gasteiger partial charge in [-0.2, -0.15) is 0 Å². The molecule has 7 nitrogen and oxygen atoms in total. The molecule has 1 aliphatic carbocycles. The van der Waals surface area contributed by atoms with E-state index in [1.54, 1.807) is 7.11 Å². The first kappa shape index (κ1) is 18.7. The summed E-state index contributed by atoms with van der Waals surface area (Å²) in [5.41, 5.74) is 0.967.